The zero-order valence-corrected chi connectivity index (χ0v) is 18.6. The van der Waals surface area contributed by atoms with Gasteiger partial charge in [0.25, 0.3) is 0 Å². The van der Waals surface area contributed by atoms with Crippen molar-refractivity contribution in [3.63, 3.8) is 0 Å². The van der Waals surface area contributed by atoms with Crippen molar-refractivity contribution in [3.8, 4) is 0 Å². The van der Waals surface area contributed by atoms with E-state index in [2.05, 4.69) is 30.3 Å². The number of benzene rings is 2. The summed E-state index contributed by atoms with van der Waals surface area (Å²) >= 11 is 6.02. The van der Waals surface area contributed by atoms with E-state index in [0.717, 1.165) is 49.6 Å². The fourth-order valence-electron chi connectivity index (χ4n) is 4.06. The highest BCUT2D eigenvalue weighted by Crippen LogP contribution is 2.21. The molecule has 1 fully saturated rings. The number of hydrogen-bond donors (Lipinski definition) is 3. The van der Waals surface area contributed by atoms with Crippen LogP contribution in [0.4, 0.5) is 17.6 Å². The molecule has 1 amide bonds. The topological polar surface area (TPSA) is 103 Å². The normalized spacial score (nSPS) is 14.6. The number of halogens is 1. The molecule has 0 bridgehead atoms. The van der Waals surface area contributed by atoms with Gasteiger partial charge in [0.05, 0.1) is 6.54 Å². The summed E-state index contributed by atoms with van der Waals surface area (Å²) in [5, 5.41) is 10.6. The van der Waals surface area contributed by atoms with Crippen molar-refractivity contribution in [1.29, 1.82) is 0 Å². The molecule has 0 saturated carbocycles. The standard InChI is InChI=1S/C23H28ClN7O/c24-18-8-6-17(7-9-18)10-13-31(16-21(32)26-19-4-2-1-3-5-19)20-11-14-30(15-12-20)23-27-22(25)28-29-23/h1-9,20H,10-16H2,(H,26,32)(H3,25,27,28,29). The first-order chi connectivity index (χ1) is 15.6. The van der Waals surface area contributed by atoms with Gasteiger partial charge < -0.3 is 16.0 Å². The number of nitrogen functional groups attached to an aromatic ring is 1. The van der Waals surface area contributed by atoms with Crippen LogP contribution in [0.15, 0.2) is 54.6 Å². The highest BCUT2D eigenvalue weighted by molar-refractivity contribution is 6.30. The smallest absolute Gasteiger partial charge is 0.246 e. The molecule has 168 valence electrons. The number of carbonyl (C=O) groups excluding carboxylic acids is 1. The van der Waals surface area contributed by atoms with Gasteiger partial charge >= 0.3 is 0 Å². The number of H-pyrrole nitrogens is 1. The van der Waals surface area contributed by atoms with E-state index in [4.69, 9.17) is 17.3 Å². The second-order valence-electron chi connectivity index (χ2n) is 8.00. The first kappa shape index (κ1) is 22.1. The van der Waals surface area contributed by atoms with Crippen LogP contribution in [-0.2, 0) is 11.2 Å². The molecule has 4 rings (SSSR count). The molecule has 8 nitrogen and oxygen atoms in total. The van der Waals surface area contributed by atoms with Crippen LogP contribution in [0.25, 0.3) is 0 Å². The predicted octanol–water partition coefficient (Wildman–Crippen LogP) is 3.19. The van der Waals surface area contributed by atoms with E-state index in [-0.39, 0.29) is 5.91 Å². The number of piperidine rings is 1. The molecule has 9 heteroatoms. The number of nitrogens with one attached hydrogen (secondary N) is 2. The Morgan fingerprint density at radius 1 is 1.16 bits per heavy atom. The Labute approximate surface area is 192 Å². The summed E-state index contributed by atoms with van der Waals surface area (Å²) in [6.07, 6.45) is 2.70. The van der Waals surface area contributed by atoms with Crippen LogP contribution < -0.4 is 16.0 Å². The summed E-state index contributed by atoms with van der Waals surface area (Å²) in [6, 6.07) is 17.8. The minimum atomic E-state index is -0.00326. The third-order valence-corrected chi connectivity index (χ3v) is 6.01. The van der Waals surface area contributed by atoms with Gasteiger partial charge in [-0.25, -0.2) is 5.10 Å². The summed E-state index contributed by atoms with van der Waals surface area (Å²) in [6.45, 7) is 2.78. The quantitative estimate of drug-likeness (QED) is 0.484. The van der Waals surface area contributed by atoms with E-state index in [9.17, 15) is 4.79 Å². The molecular formula is C23H28ClN7O. The highest BCUT2D eigenvalue weighted by Gasteiger charge is 2.27. The molecule has 4 N–H and O–H groups in total. The maximum absolute atomic E-state index is 12.8. The minimum absolute atomic E-state index is 0.00326. The third-order valence-electron chi connectivity index (χ3n) is 5.76. The molecule has 2 heterocycles. The molecule has 1 aromatic heterocycles. The second kappa shape index (κ2) is 10.5. The van der Waals surface area contributed by atoms with Gasteiger partial charge in [0.1, 0.15) is 0 Å². The van der Waals surface area contributed by atoms with Gasteiger partial charge in [0.15, 0.2) is 0 Å². The monoisotopic (exact) mass is 453 g/mol. The molecule has 1 aliphatic heterocycles. The summed E-state index contributed by atoms with van der Waals surface area (Å²) < 4.78 is 0. The highest BCUT2D eigenvalue weighted by atomic mass is 35.5. The molecule has 1 saturated heterocycles. The zero-order valence-electron chi connectivity index (χ0n) is 17.9. The Morgan fingerprint density at radius 3 is 2.53 bits per heavy atom. The predicted molar refractivity (Wildman–Crippen MR) is 128 cm³/mol. The van der Waals surface area contributed by atoms with Crippen LogP contribution in [0.3, 0.4) is 0 Å². The van der Waals surface area contributed by atoms with Crippen LogP contribution >= 0.6 is 11.6 Å². The molecule has 0 spiro atoms. The number of rotatable bonds is 8. The maximum Gasteiger partial charge on any atom is 0.246 e. The van der Waals surface area contributed by atoms with Gasteiger partial charge in [-0.2, -0.15) is 4.98 Å². The van der Waals surface area contributed by atoms with Crippen LogP contribution in [0, 0.1) is 0 Å². The van der Waals surface area contributed by atoms with E-state index in [0.29, 0.717) is 24.5 Å². The minimum Gasteiger partial charge on any atom is -0.368 e. The summed E-state index contributed by atoms with van der Waals surface area (Å²) in [5.41, 5.74) is 7.68. The van der Waals surface area contributed by atoms with Crippen molar-refractivity contribution in [2.75, 3.05) is 42.1 Å². The SMILES string of the molecule is Nc1nc(N2CCC(N(CCc3ccc(Cl)cc3)CC(=O)Nc3ccccc3)CC2)n[nH]1. The number of para-hydroxylation sites is 1. The van der Waals surface area contributed by atoms with E-state index in [1.54, 1.807) is 0 Å². The van der Waals surface area contributed by atoms with Crippen LogP contribution in [0.5, 0.6) is 0 Å². The van der Waals surface area contributed by atoms with E-state index >= 15 is 0 Å². The number of aromatic nitrogens is 3. The van der Waals surface area contributed by atoms with Gasteiger partial charge in [-0.3, -0.25) is 9.69 Å². The van der Waals surface area contributed by atoms with Crippen molar-refractivity contribution >= 4 is 35.1 Å². The van der Waals surface area contributed by atoms with Crippen molar-refractivity contribution in [2.45, 2.75) is 25.3 Å². The lowest BCUT2D eigenvalue weighted by atomic mass is 10.0. The average molecular weight is 454 g/mol. The largest absolute Gasteiger partial charge is 0.368 e. The van der Waals surface area contributed by atoms with Crippen molar-refractivity contribution < 1.29 is 4.79 Å². The Morgan fingerprint density at radius 2 is 1.88 bits per heavy atom. The molecule has 0 radical (unpaired) electrons. The number of aromatic amines is 1. The van der Waals surface area contributed by atoms with Gasteiger partial charge in [0.2, 0.25) is 17.8 Å². The number of anilines is 3. The molecule has 0 unspecified atom stereocenters. The van der Waals surface area contributed by atoms with Crippen molar-refractivity contribution in [2.24, 2.45) is 0 Å². The lowest BCUT2D eigenvalue weighted by Gasteiger charge is -2.38. The number of hydrogen-bond acceptors (Lipinski definition) is 6. The molecule has 3 aromatic rings. The van der Waals surface area contributed by atoms with Gasteiger partial charge in [-0.05, 0) is 49.1 Å². The average Bonchev–Trinajstić information content (AvgIpc) is 3.25. The summed E-state index contributed by atoms with van der Waals surface area (Å²) in [5.74, 6) is 0.955. The Hall–Kier alpha value is -3.10. The lowest BCUT2D eigenvalue weighted by molar-refractivity contribution is -0.118. The number of amides is 1. The van der Waals surface area contributed by atoms with Crippen LogP contribution in [-0.4, -0.2) is 58.2 Å². The summed E-state index contributed by atoms with van der Waals surface area (Å²) in [7, 11) is 0. The van der Waals surface area contributed by atoms with Gasteiger partial charge in [-0.1, -0.05) is 41.9 Å². The van der Waals surface area contributed by atoms with Crippen molar-refractivity contribution in [3.05, 3.63) is 65.2 Å². The Kier molecular flexibility index (Phi) is 7.24. The fourth-order valence-corrected chi connectivity index (χ4v) is 4.18. The molecule has 32 heavy (non-hydrogen) atoms. The third kappa shape index (κ3) is 5.99. The van der Waals surface area contributed by atoms with E-state index in [1.807, 2.05) is 54.6 Å². The maximum atomic E-state index is 12.8. The van der Waals surface area contributed by atoms with Gasteiger partial charge in [-0.15, -0.1) is 5.10 Å². The first-order valence-electron chi connectivity index (χ1n) is 10.8. The Bertz CT molecular complexity index is 1000. The summed E-state index contributed by atoms with van der Waals surface area (Å²) in [4.78, 5) is 21.4. The van der Waals surface area contributed by atoms with E-state index in [1.165, 1.54) is 5.56 Å². The zero-order chi connectivity index (χ0) is 22.3. The number of nitrogens with zero attached hydrogens (tertiary/aromatic N) is 4. The number of carbonyl (C=O) groups is 1. The van der Waals surface area contributed by atoms with Crippen molar-refractivity contribution in [1.82, 2.24) is 20.1 Å². The molecule has 1 aliphatic rings. The van der Waals surface area contributed by atoms with E-state index < -0.39 is 0 Å². The molecule has 2 aromatic carbocycles. The van der Waals surface area contributed by atoms with Gasteiger partial charge in [0, 0.05) is 36.4 Å². The first-order valence-corrected chi connectivity index (χ1v) is 11.2. The Balaban J connectivity index is 1.39. The molecule has 0 aliphatic carbocycles. The lowest BCUT2D eigenvalue weighted by Crippen LogP contribution is -2.48. The second-order valence-corrected chi connectivity index (χ2v) is 8.44. The van der Waals surface area contributed by atoms with Crippen LogP contribution in [0.1, 0.15) is 18.4 Å². The molecular weight excluding hydrogens is 426 g/mol. The molecule has 0 atom stereocenters. The number of nitrogens with two attached hydrogens (primary N) is 1. The van der Waals surface area contributed by atoms with Crippen LogP contribution in [0.2, 0.25) is 5.02 Å². The fraction of sp³-hybridized carbons (Fsp3) is 0.348.